The second-order valence-corrected chi connectivity index (χ2v) is 4.19. The van der Waals surface area contributed by atoms with Gasteiger partial charge in [0.15, 0.2) is 0 Å². The highest BCUT2D eigenvalue weighted by Gasteiger charge is 2.12. The Balaban J connectivity index is 2.46. The first-order valence-electron chi connectivity index (χ1n) is 6.42. The SMILES string of the molecule is CCOCCCNC(=O)Nc1ccc(C)c([N+](=O)[O-])c1. The summed E-state index contributed by atoms with van der Waals surface area (Å²) in [6.45, 7) is 5.28. The van der Waals surface area contributed by atoms with E-state index in [9.17, 15) is 14.9 Å². The minimum absolute atomic E-state index is 0.0147. The molecule has 1 rings (SSSR count). The van der Waals surface area contributed by atoms with Gasteiger partial charge in [-0.3, -0.25) is 10.1 Å². The number of carbonyl (C=O) groups is 1. The second-order valence-electron chi connectivity index (χ2n) is 4.19. The first kappa shape index (κ1) is 15.9. The fraction of sp³-hybridized carbons (Fsp3) is 0.462. The molecule has 0 spiro atoms. The largest absolute Gasteiger partial charge is 0.382 e. The number of nitro groups is 1. The van der Waals surface area contributed by atoms with E-state index >= 15 is 0 Å². The zero-order chi connectivity index (χ0) is 15.0. The molecule has 2 N–H and O–H groups in total. The molecule has 20 heavy (non-hydrogen) atoms. The fourth-order valence-electron chi connectivity index (χ4n) is 1.58. The van der Waals surface area contributed by atoms with Crippen molar-refractivity contribution in [1.82, 2.24) is 5.32 Å². The number of benzene rings is 1. The van der Waals surface area contributed by atoms with Gasteiger partial charge in [-0.15, -0.1) is 0 Å². The van der Waals surface area contributed by atoms with Crippen molar-refractivity contribution in [1.29, 1.82) is 0 Å². The van der Waals surface area contributed by atoms with Crippen LogP contribution in [0.3, 0.4) is 0 Å². The van der Waals surface area contributed by atoms with Crippen molar-refractivity contribution < 1.29 is 14.5 Å². The molecule has 110 valence electrons. The van der Waals surface area contributed by atoms with E-state index in [0.717, 1.165) is 6.42 Å². The molecule has 1 aromatic rings. The van der Waals surface area contributed by atoms with Gasteiger partial charge in [0, 0.05) is 37.1 Å². The standard InChI is InChI=1S/C13H19N3O4/c1-3-20-8-4-7-14-13(17)15-11-6-5-10(2)12(9-11)16(18)19/h5-6,9H,3-4,7-8H2,1-2H3,(H2,14,15,17). The molecule has 0 aliphatic rings. The lowest BCUT2D eigenvalue weighted by Crippen LogP contribution is -2.30. The molecular weight excluding hydrogens is 262 g/mol. The first-order valence-corrected chi connectivity index (χ1v) is 6.42. The average molecular weight is 281 g/mol. The molecule has 2 amide bonds. The quantitative estimate of drug-likeness (QED) is 0.456. The van der Waals surface area contributed by atoms with Crippen LogP contribution < -0.4 is 10.6 Å². The topological polar surface area (TPSA) is 93.5 Å². The van der Waals surface area contributed by atoms with Crippen LogP contribution in [-0.2, 0) is 4.74 Å². The highest BCUT2D eigenvalue weighted by molar-refractivity contribution is 5.89. The number of hydrogen-bond donors (Lipinski definition) is 2. The summed E-state index contributed by atoms with van der Waals surface area (Å²) in [5.74, 6) is 0. The van der Waals surface area contributed by atoms with Gasteiger partial charge in [-0.2, -0.15) is 0 Å². The fourth-order valence-corrected chi connectivity index (χ4v) is 1.58. The molecule has 0 fully saturated rings. The number of ether oxygens (including phenoxy) is 1. The highest BCUT2D eigenvalue weighted by Crippen LogP contribution is 2.22. The number of rotatable bonds is 7. The minimum Gasteiger partial charge on any atom is -0.382 e. The van der Waals surface area contributed by atoms with Crippen LogP contribution in [0.4, 0.5) is 16.2 Å². The van der Waals surface area contributed by atoms with Crippen LogP contribution in [-0.4, -0.2) is 30.7 Å². The Morgan fingerprint density at radius 3 is 2.85 bits per heavy atom. The van der Waals surface area contributed by atoms with Gasteiger partial charge in [-0.05, 0) is 26.3 Å². The maximum absolute atomic E-state index is 11.6. The van der Waals surface area contributed by atoms with Crippen LogP contribution in [0.25, 0.3) is 0 Å². The van der Waals surface area contributed by atoms with Crippen LogP contribution in [0.1, 0.15) is 18.9 Å². The van der Waals surface area contributed by atoms with Gasteiger partial charge in [0.1, 0.15) is 0 Å². The summed E-state index contributed by atoms with van der Waals surface area (Å²) in [6, 6.07) is 4.18. The summed E-state index contributed by atoms with van der Waals surface area (Å²) < 4.78 is 5.14. The number of carbonyl (C=O) groups excluding carboxylic acids is 1. The molecule has 0 aliphatic carbocycles. The van der Waals surface area contributed by atoms with Gasteiger partial charge in [0.25, 0.3) is 5.69 Å². The van der Waals surface area contributed by atoms with E-state index in [0.29, 0.717) is 31.0 Å². The van der Waals surface area contributed by atoms with Crippen LogP contribution >= 0.6 is 0 Å². The third-order valence-electron chi connectivity index (χ3n) is 2.62. The minimum atomic E-state index is -0.472. The van der Waals surface area contributed by atoms with Crippen LogP contribution in [0.2, 0.25) is 0 Å². The van der Waals surface area contributed by atoms with Crippen molar-refractivity contribution >= 4 is 17.4 Å². The van der Waals surface area contributed by atoms with Crippen LogP contribution in [0, 0.1) is 17.0 Å². The van der Waals surface area contributed by atoms with E-state index in [2.05, 4.69) is 10.6 Å². The maximum Gasteiger partial charge on any atom is 0.319 e. The van der Waals surface area contributed by atoms with Gasteiger partial charge < -0.3 is 15.4 Å². The highest BCUT2D eigenvalue weighted by atomic mass is 16.6. The first-order chi connectivity index (χ1) is 9.54. The number of nitrogens with one attached hydrogen (secondary N) is 2. The Hall–Kier alpha value is -2.15. The smallest absolute Gasteiger partial charge is 0.319 e. The summed E-state index contributed by atoms with van der Waals surface area (Å²) in [5, 5.41) is 16.0. The van der Waals surface area contributed by atoms with Crippen LogP contribution in [0.5, 0.6) is 0 Å². The van der Waals surface area contributed by atoms with Gasteiger partial charge in [-0.1, -0.05) is 6.07 Å². The number of aryl methyl sites for hydroxylation is 1. The number of hydrogen-bond acceptors (Lipinski definition) is 4. The van der Waals surface area contributed by atoms with Crippen molar-refractivity contribution in [3.8, 4) is 0 Å². The molecule has 0 saturated heterocycles. The summed E-state index contributed by atoms with van der Waals surface area (Å²) >= 11 is 0. The van der Waals surface area contributed by atoms with Gasteiger partial charge >= 0.3 is 6.03 Å². The Kier molecular flexibility index (Phi) is 6.45. The molecular formula is C13H19N3O4. The Labute approximate surface area is 117 Å². The van der Waals surface area contributed by atoms with Crippen molar-refractivity contribution in [3.63, 3.8) is 0 Å². The number of nitrogens with zero attached hydrogens (tertiary/aromatic N) is 1. The third kappa shape index (κ3) is 5.23. The predicted octanol–water partition coefficient (Wildman–Crippen LogP) is 2.45. The second kappa shape index (κ2) is 8.11. The number of urea groups is 1. The zero-order valence-electron chi connectivity index (χ0n) is 11.6. The molecule has 0 unspecified atom stereocenters. The number of anilines is 1. The monoisotopic (exact) mass is 281 g/mol. The van der Waals surface area contributed by atoms with Crippen molar-refractivity contribution in [3.05, 3.63) is 33.9 Å². The van der Waals surface area contributed by atoms with E-state index in [1.54, 1.807) is 19.1 Å². The molecule has 0 aromatic heterocycles. The molecule has 0 saturated carbocycles. The Bertz CT molecular complexity index is 477. The molecule has 0 bridgehead atoms. The van der Waals surface area contributed by atoms with Crippen molar-refractivity contribution in [2.75, 3.05) is 25.1 Å². The van der Waals surface area contributed by atoms with E-state index < -0.39 is 4.92 Å². The van der Waals surface area contributed by atoms with Gasteiger partial charge in [-0.25, -0.2) is 4.79 Å². The molecule has 0 atom stereocenters. The summed E-state index contributed by atoms with van der Waals surface area (Å²) in [5.41, 5.74) is 0.932. The lowest BCUT2D eigenvalue weighted by molar-refractivity contribution is -0.385. The van der Waals surface area contributed by atoms with E-state index in [-0.39, 0.29) is 11.7 Å². The number of nitro benzene ring substituents is 1. The molecule has 0 heterocycles. The Morgan fingerprint density at radius 1 is 1.45 bits per heavy atom. The van der Waals surface area contributed by atoms with Crippen molar-refractivity contribution in [2.45, 2.75) is 20.3 Å². The lowest BCUT2D eigenvalue weighted by Gasteiger charge is -2.08. The zero-order valence-corrected chi connectivity index (χ0v) is 11.6. The molecule has 0 aliphatic heterocycles. The van der Waals surface area contributed by atoms with Crippen LogP contribution in [0.15, 0.2) is 18.2 Å². The Morgan fingerprint density at radius 2 is 2.20 bits per heavy atom. The normalized spacial score (nSPS) is 10.1. The summed E-state index contributed by atoms with van der Waals surface area (Å²) in [6.07, 6.45) is 0.718. The summed E-state index contributed by atoms with van der Waals surface area (Å²) in [7, 11) is 0. The van der Waals surface area contributed by atoms with Gasteiger partial charge in [0.2, 0.25) is 0 Å². The maximum atomic E-state index is 11.6. The molecule has 0 radical (unpaired) electrons. The molecule has 7 heteroatoms. The average Bonchev–Trinajstić information content (AvgIpc) is 2.40. The lowest BCUT2D eigenvalue weighted by atomic mass is 10.2. The number of amides is 2. The molecule has 7 nitrogen and oxygen atoms in total. The summed E-state index contributed by atoms with van der Waals surface area (Å²) in [4.78, 5) is 21.9. The predicted molar refractivity (Wildman–Crippen MR) is 76.0 cm³/mol. The van der Waals surface area contributed by atoms with E-state index in [1.807, 2.05) is 6.92 Å². The van der Waals surface area contributed by atoms with E-state index in [4.69, 9.17) is 4.74 Å². The van der Waals surface area contributed by atoms with Crippen molar-refractivity contribution in [2.24, 2.45) is 0 Å². The van der Waals surface area contributed by atoms with Gasteiger partial charge in [0.05, 0.1) is 4.92 Å². The molecule has 1 aromatic carbocycles. The van der Waals surface area contributed by atoms with E-state index in [1.165, 1.54) is 6.07 Å². The third-order valence-corrected chi connectivity index (χ3v) is 2.62.